The second kappa shape index (κ2) is 7.61. The van der Waals surface area contributed by atoms with Crippen molar-refractivity contribution >= 4 is 0 Å². The quantitative estimate of drug-likeness (QED) is 0.695. The molecule has 1 aliphatic carbocycles. The van der Waals surface area contributed by atoms with Gasteiger partial charge in [0.1, 0.15) is 0 Å². The average molecular weight is 262 g/mol. The van der Waals surface area contributed by atoms with Gasteiger partial charge in [0.25, 0.3) is 0 Å². The summed E-state index contributed by atoms with van der Waals surface area (Å²) in [5.74, 6) is 0.576. The highest BCUT2D eigenvalue weighted by Crippen LogP contribution is 2.19. The van der Waals surface area contributed by atoms with Gasteiger partial charge >= 0.3 is 0 Å². The minimum Gasteiger partial charge on any atom is -0.377 e. The van der Waals surface area contributed by atoms with Crippen LogP contribution in [-0.4, -0.2) is 30.3 Å². The van der Waals surface area contributed by atoms with Gasteiger partial charge in [-0.2, -0.15) is 0 Å². The molecule has 0 aliphatic heterocycles. The molecule has 0 amide bonds. The van der Waals surface area contributed by atoms with Crippen molar-refractivity contribution in [2.45, 2.75) is 51.7 Å². The largest absolute Gasteiger partial charge is 0.377 e. The maximum absolute atomic E-state index is 6.03. The second-order valence-electron chi connectivity index (χ2n) is 5.79. The lowest BCUT2D eigenvalue weighted by atomic mass is 10.1. The Labute approximate surface area is 116 Å². The fraction of sp³-hybridized carbons (Fsp3) is 0.688. The predicted octanol–water partition coefficient (Wildman–Crippen LogP) is 2.81. The first kappa shape index (κ1) is 14.5. The molecule has 3 nitrogen and oxygen atoms in total. The Hall–Kier alpha value is -0.930. The van der Waals surface area contributed by atoms with Crippen LogP contribution in [-0.2, 0) is 11.2 Å². The lowest BCUT2D eigenvalue weighted by Gasteiger charge is -2.22. The summed E-state index contributed by atoms with van der Waals surface area (Å²) in [4.78, 5) is 4.03. The number of hydrogen-bond donors (Lipinski definition) is 1. The molecule has 1 aromatic rings. The Morgan fingerprint density at radius 3 is 2.68 bits per heavy atom. The summed E-state index contributed by atoms with van der Waals surface area (Å²) in [7, 11) is 0. The lowest BCUT2D eigenvalue weighted by Crippen LogP contribution is -2.34. The van der Waals surface area contributed by atoms with Gasteiger partial charge in [0.2, 0.25) is 0 Å². The predicted molar refractivity (Wildman–Crippen MR) is 78.2 cm³/mol. The van der Waals surface area contributed by atoms with E-state index in [-0.39, 0.29) is 0 Å². The van der Waals surface area contributed by atoms with Crippen molar-refractivity contribution in [1.82, 2.24) is 10.3 Å². The van der Waals surface area contributed by atoms with Crippen LogP contribution in [0.4, 0.5) is 0 Å². The minimum absolute atomic E-state index is 0.345. The van der Waals surface area contributed by atoms with E-state index in [9.17, 15) is 0 Å². The van der Waals surface area contributed by atoms with E-state index >= 15 is 0 Å². The molecule has 19 heavy (non-hydrogen) atoms. The number of nitrogens with zero attached hydrogens (tertiary/aromatic N) is 1. The highest BCUT2D eigenvalue weighted by atomic mass is 16.5. The van der Waals surface area contributed by atoms with Gasteiger partial charge in [0, 0.05) is 31.6 Å². The molecular formula is C16H26N2O. The molecule has 1 atom stereocenters. The number of ether oxygens (including phenoxy) is 1. The van der Waals surface area contributed by atoms with E-state index in [4.69, 9.17) is 4.74 Å². The fourth-order valence-corrected chi connectivity index (χ4v) is 2.12. The summed E-state index contributed by atoms with van der Waals surface area (Å²) >= 11 is 0. The highest BCUT2D eigenvalue weighted by molar-refractivity contribution is 5.09. The zero-order valence-corrected chi connectivity index (χ0v) is 12.1. The van der Waals surface area contributed by atoms with Crippen LogP contribution in [0.3, 0.4) is 0 Å². The normalized spacial score (nSPS) is 16.8. The Morgan fingerprint density at radius 1 is 1.32 bits per heavy atom. The van der Waals surface area contributed by atoms with Crippen molar-refractivity contribution in [3.8, 4) is 0 Å². The van der Waals surface area contributed by atoms with Crippen LogP contribution in [0.1, 0.15) is 38.7 Å². The fourth-order valence-electron chi connectivity index (χ4n) is 2.12. The third-order valence-corrected chi connectivity index (χ3v) is 3.62. The van der Waals surface area contributed by atoms with Gasteiger partial charge in [0.05, 0.1) is 6.10 Å². The molecular weight excluding hydrogens is 236 g/mol. The zero-order valence-electron chi connectivity index (χ0n) is 12.1. The van der Waals surface area contributed by atoms with Gasteiger partial charge in [-0.05, 0) is 49.3 Å². The summed E-state index contributed by atoms with van der Waals surface area (Å²) in [6.07, 6.45) is 8.89. The molecule has 1 unspecified atom stereocenters. The van der Waals surface area contributed by atoms with Crippen molar-refractivity contribution in [2.24, 2.45) is 5.92 Å². The molecule has 0 bridgehead atoms. The molecule has 2 rings (SSSR count). The molecule has 106 valence electrons. The Kier molecular flexibility index (Phi) is 5.80. The number of rotatable bonds is 9. The number of aromatic nitrogens is 1. The summed E-state index contributed by atoms with van der Waals surface area (Å²) in [6.45, 7) is 6.32. The maximum atomic E-state index is 6.03. The molecule has 3 heteroatoms. The Morgan fingerprint density at radius 2 is 2.05 bits per heavy atom. The van der Waals surface area contributed by atoms with Crippen LogP contribution < -0.4 is 5.32 Å². The average Bonchev–Trinajstić information content (AvgIpc) is 3.22. The summed E-state index contributed by atoms with van der Waals surface area (Å²) in [5, 5.41) is 3.56. The van der Waals surface area contributed by atoms with Gasteiger partial charge in [-0.25, -0.2) is 0 Å². The lowest BCUT2D eigenvalue weighted by molar-refractivity contribution is 0.0215. The van der Waals surface area contributed by atoms with Gasteiger partial charge in [0.15, 0.2) is 0 Å². The number of aryl methyl sites for hydroxylation is 1. The van der Waals surface area contributed by atoms with E-state index in [1.54, 1.807) is 0 Å². The smallest absolute Gasteiger partial charge is 0.0722 e. The van der Waals surface area contributed by atoms with E-state index in [1.807, 2.05) is 12.4 Å². The van der Waals surface area contributed by atoms with E-state index < -0.39 is 0 Å². The minimum atomic E-state index is 0.345. The summed E-state index contributed by atoms with van der Waals surface area (Å²) in [6, 6.07) is 4.92. The van der Waals surface area contributed by atoms with Crippen LogP contribution in [0.25, 0.3) is 0 Å². The monoisotopic (exact) mass is 262 g/mol. The molecule has 1 N–H and O–H groups in total. The van der Waals surface area contributed by atoms with Gasteiger partial charge in [-0.15, -0.1) is 0 Å². The zero-order chi connectivity index (χ0) is 13.5. The molecule has 0 saturated heterocycles. The van der Waals surface area contributed by atoms with E-state index in [0.717, 1.165) is 32.0 Å². The van der Waals surface area contributed by atoms with Crippen molar-refractivity contribution in [3.63, 3.8) is 0 Å². The molecule has 1 saturated carbocycles. The molecule has 0 spiro atoms. The summed E-state index contributed by atoms with van der Waals surface area (Å²) in [5.41, 5.74) is 1.34. The summed E-state index contributed by atoms with van der Waals surface area (Å²) < 4.78 is 6.03. The topological polar surface area (TPSA) is 34.1 Å². The van der Waals surface area contributed by atoms with E-state index in [2.05, 4.69) is 36.3 Å². The molecule has 1 fully saturated rings. The SMILES string of the molecule is CC(C)C(CNC1CC1)OCCCc1ccncc1. The first-order valence-corrected chi connectivity index (χ1v) is 7.49. The third kappa shape index (κ3) is 5.70. The van der Waals surface area contributed by atoms with Crippen molar-refractivity contribution in [3.05, 3.63) is 30.1 Å². The van der Waals surface area contributed by atoms with Crippen LogP contribution in [0, 0.1) is 5.92 Å². The van der Waals surface area contributed by atoms with Gasteiger partial charge in [-0.3, -0.25) is 4.98 Å². The molecule has 1 aromatic heterocycles. The number of pyridine rings is 1. The van der Waals surface area contributed by atoms with Gasteiger partial charge in [-0.1, -0.05) is 13.8 Å². The maximum Gasteiger partial charge on any atom is 0.0722 e. The van der Waals surface area contributed by atoms with Crippen molar-refractivity contribution in [2.75, 3.05) is 13.2 Å². The number of hydrogen-bond acceptors (Lipinski definition) is 3. The molecule has 1 heterocycles. The molecule has 1 aliphatic rings. The first-order chi connectivity index (χ1) is 9.25. The Bertz CT molecular complexity index is 349. The van der Waals surface area contributed by atoms with Gasteiger partial charge < -0.3 is 10.1 Å². The number of nitrogens with one attached hydrogen (secondary N) is 1. The van der Waals surface area contributed by atoms with Crippen LogP contribution in [0.5, 0.6) is 0 Å². The molecule has 0 radical (unpaired) electrons. The highest BCUT2D eigenvalue weighted by Gasteiger charge is 2.23. The van der Waals surface area contributed by atoms with Crippen LogP contribution in [0.15, 0.2) is 24.5 Å². The Balaban J connectivity index is 1.61. The standard InChI is InChI=1S/C16H26N2O/c1-13(2)16(12-18-15-5-6-15)19-11-3-4-14-7-9-17-10-8-14/h7-10,13,15-16,18H,3-6,11-12H2,1-2H3. The van der Waals surface area contributed by atoms with E-state index in [0.29, 0.717) is 12.0 Å². The first-order valence-electron chi connectivity index (χ1n) is 7.49. The van der Waals surface area contributed by atoms with E-state index in [1.165, 1.54) is 18.4 Å². The molecule has 0 aromatic carbocycles. The van der Waals surface area contributed by atoms with Crippen LogP contribution in [0.2, 0.25) is 0 Å². The second-order valence-corrected chi connectivity index (χ2v) is 5.79. The van der Waals surface area contributed by atoms with Crippen molar-refractivity contribution in [1.29, 1.82) is 0 Å². The third-order valence-electron chi connectivity index (χ3n) is 3.62. The van der Waals surface area contributed by atoms with Crippen LogP contribution >= 0.6 is 0 Å². The van der Waals surface area contributed by atoms with Crippen molar-refractivity contribution < 1.29 is 4.74 Å².